The molecule has 0 bridgehead atoms. The van der Waals surface area contributed by atoms with Crippen LogP contribution in [0.1, 0.15) is 54.9 Å². The number of rotatable bonds is 4. The number of allylic oxidation sites excluding steroid dienone is 1. The van der Waals surface area contributed by atoms with E-state index in [9.17, 15) is 0 Å². The number of halogens is 2. The molecule has 164 valence electrons. The number of nitrogens with zero attached hydrogens (tertiary/aromatic N) is 3. The fraction of sp³-hybridized carbons (Fsp3) is 0.385. The number of anilines is 1. The van der Waals surface area contributed by atoms with Gasteiger partial charge in [0.25, 0.3) is 0 Å². The summed E-state index contributed by atoms with van der Waals surface area (Å²) in [6, 6.07) is 9.86. The minimum atomic E-state index is 0.359. The van der Waals surface area contributed by atoms with Gasteiger partial charge in [-0.05, 0) is 74.3 Å². The van der Waals surface area contributed by atoms with Gasteiger partial charge in [0.2, 0.25) is 0 Å². The molecule has 2 aliphatic carbocycles. The molecule has 1 saturated heterocycles. The molecule has 3 fully saturated rings. The van der Waals surface area contributed by atoms with Gasteiger partial charge in [-0.15, -0.1) is 0 Å². The van der Waals surface area contributed by atoms with E-state index >= 15 is 0 Å². The summed E-state index contributed by atoms with van der Waals surface area (Å²) in [4.78, 5) is 7.06. The van der Waals surface area contributed by atoms with E-state index in [1.807, 2.05) is 24.4 Å². The van der Waals surface area contributed by atoms with Gasteiger partial charge in [0.15, 0.2) is 0 Å². The summed E-state index contributed by atoms with van der Waals surface area (Å²) in [5, 5.41) is 5.64. The van der Waals surface area contributed by atoms with Gasteiger partial charge in [0, 0.05) is 36.3 Å². The van der Waals surface area contributed by atoms with Crippen molar-refractivity contribution in [3.63, 3.8) is 0 Å². The molecule has 0 unspecified atom stereocenters. The first kappa shape index (κ1) is 20.3. The minimum absolute atomic E-state index is 0.359. The van der Waals surface area contributed by atoms with Crippen molar-refractivity contribution >= 4 is 35.1 Å². The second-order valence-electron chi connectivity index (χ2n) is 9.70. The Labute approximate surface area is 198 Å². The SMILES string of the molecule is Cc1ccc(N2CCC3(CC(=Cc4c(-c5c(Cl)cccc5Cl)noc4C4CC4)C3)C2)nc1. The number of hydrogen-bond acceptors (Lipinski definition) is 4. The van der Waals surface area contributed by atoms with Crippen LogP contribution in [0.5, 0.6) is 0 Å². The van der Waals surface area contributed by atoms with E-state index in [4.69, 9.17) is 27.7 Å². The van der Waals surface area contributed by atoms with Crippen LogP contribution < -0.4 is 4.90 Å². The summed E-state index contributed by atoms with van der Waals surface area (Å²) in [5.74, 6) is 2.55. The van der Waals surface area contributed by atoms with Crippen molar-refractivity contribution in [2.75, 3.05) is 18.0 Å². The smallest absolute Gasteiger partial charge is 0.147 e. The lowest BCUT2D eigenvalue weighted by Crippen LogP contribution is -2.35. The van der Waals surface area contributed by atoms with Crippen LogP contribution in [0.2, 0.25) is 10.0 Å². The maximum absolute atomic E-state index is 6.51. The standard InChI is InChI=1S/C26H25Cl2N3O/c1-16-5-8-22(29-14-16)31-10-9-26(15-31)12-17(13-26)11-19-24(30-32-25(19)18-6-7-18)23-20(27)3-2-4-21(23)28/h2-5,8,11,14,18H,6-7,9-10,12-13,15H2,1H3. The van der Waals surface area contributed by atoms with E-state index in [0.717, 1.165) is 67.2 Å². The first-order valence-electron chi connectivity index (χ1n) is 11.3. The predicted octanol–water partition coefficient (Wildman–Crippen LogP) is 7.30. The van der Waals surface area contributed by atoms with E-state index in [-0.39, 0.29) is 0 Å². The van der Waals surface area contributed by atoms with Crippen LogP contribution in [0.4, 0.5) is 5.82 Å². The molecular weight excluding hydrogens is 441 g/mol. The van der Waals surface area contributed by atoms with Crippen LogP contribution in [0.15, 0.2) is 46.6 Å². The van der Waals surface area contributed by atoms with Crippen molar-refractivity contribution in [1.82, 2.24) is 10.1 Å². The predicted molar refractivity (Wildman–Crippen MR) is 129 cm³/mol. The lowest BCUT2D eigenvalue weighted by atomic mass is 9.64. The summed E-state index contributed by atoms with van der Waals surface area (Å²) < 4.78 is 5.83. The van der Waals surface area contributed by atoms with E-state index in [2.05, 4.69) is 40.2 Å². The molecule has 2 saturated carbocycles. The Morgan fingerprint density at radius 1 is 1.12 bits per heavy atom. The third-order valence-electron chi connectivity index (χ3n) is 7.11. The van der Waals surface area contributed by atoms with Gasteiger partial charge in [-0.25, -0.2) is 4.98 Å². The first-order valence-corrected chi connectivity index (χ1v) is 12.1. The molecule has 2 aromatic heterocycles. The molecule has 3 aliphatic rings. The average Bonchev–Trinajstić information content (AvgIpc) is 3.37. The van der Waals surface area contributed by atoms with Gasteiger partial charge >= 0.3 is 0 Å². The van der Waals surface area contributed by atoms with E-state index in [0.29, 0.717) is 21.4 Å². The van der Waals surface area contributed by atoms with Crippen LogP contribution in [-0.4, -0.2) is 23.2 Å². The van der Waals surface area contributed by atoms with Gasteiger partial charge in [-0.2, -0.15) is 0 Å². The van der Waals surface area contributed by atoms with Crippen LogP contribution in [0.3, 0.4) is 0 Å². The lowest BCUT2D eigenvalue weighted by molar-refractivity contribution is 0.243. The zero-order valence-corrected chi connectivity index (χ0v) is 19.6. The van der Waals surface area contributed by atoms with E-state index in [1.165, 1.54) is 17.6 Å². The van der Waals surface area contributed by atoms with Gasteiger partial charge in [-0.3, -0.25) is 0 Å². The van der Waals surface area contributed by atoms with Crippen LogP contribution in [0.25, 0.3) is 17.3 Å². The average molecular weight is 466 g/mol. The van der Waals surface area contributed by atoms with E-state index < -0.39 is 0 Å². The molecule has 1 spiro atoms. The molecule has 6 heteroatoms. The van der Waals surface area contributed by atoms with Crippen LogP contribution >= 0.6 is 23.2 Å². The van der Waals surface area contributed by atoms with E-state index in [1.54, 1.807) is 0 Å². The van der Waals surface area contributed by atoms with Crippen molar-refractivity contribution in [2.24, 2.45) is 5.41 Å². The molecule has 6 rings (SSSR count). The van der Waals surface area contributed by atoms with Crippen molar-refractivity contribution < 1.29 is 4.52 Å². The Hall–Kier alpha value is -2.30. The Balaban J connectivity index is 1.26. The van der Waals surface area contributed by atoms with Gasteiger partial charge < -0.3 is 9.42 Å². The normalized spacial score (nSPS) is 22.5. The highest BCUT2D eigenvalue weighted by Crippen LogP contribution is 2.54. The molecule has 3 heterocycles. The summed E-state index contributed by atoms with van der Waals surface area (Å²) >= 11 is 13.0. The molecule has 0 atom stereocenters. The molecule has 0 N–H and O–H groups in total. The third-order valence-corrected chi connectivity index (χ3v) is 7.74. The highest BCUT2D eigenvalue weighted by molar-refractivity contribution is 6.39. The molecule has 1 aromatic carbocycles. The Bertz CT molecular complexity index is 1180. The van der Waals surface area contributed by atoms with Crippen molar-refractivity contribution in [2.45, 2.75) is 44.9 Å². The minimum Gasteiger partial charge on any atom is -0.360 e. The monoisotopic (exact) mass is 465 g/mol. The largest absolute Gasteiger partial charge is 0.360 e. The maximum atomic E-state index is 6.51. The van der Waals surface area contributed by atoms with Crippen LogP contribution in [0, 0.1) is 12.3 Å². The molecule has 0 radical (unpaired) electrons. The number of aromatic nitrogens is 2. The van der Waals surface area contributed by atoms with Crippen LogP contribution in [-0.2, 0) is 0 Å². The second kappa shape index (κ2) is 7.64. The second-order valence-corrected chi connectivity index (χ2v) is 10.5. The highest BCUT2D eigenvalue weighted by atomic mass is 35.5. The molecular formula is C26H25Cl2N3O. The summed E-state index contributed by atoms with van der Waals surface area (Å²) in [6.45, 7) is 4.23. The van der Waals surface area contributed by atoms with Gasteiger partial charge in [0.05, 0.1) is 10.0 Å². The number of hydrogen-bond donors (Lipinski definition) is 0. The van der Waals surface area contributed by atoms with Crippen molar-refractivity contribution in [1.29, 1.82) is 0 Å². The van der Waals surface area contributed by atoms with Crippen molar-refractivity contribution in [3.05, 3.63) is 69.0 Å². The fourth-order valence-corrected chi connectivity index (χ4v) is 5.85. The number of aryl methyl sites for hydroxylation is 1. The Kier molecular flexibility index (Phi) is 4.85. The van der Waals surface area contributed by atoms with Gasteiger partial charge in [-0.1, -0.05) is 46.1 Å². The highest BCUT2D eigenvalue weighted by Gasteiger charge is 2.46. The van der Waals surface area contributed by atoms with Crippen molar-refractivity contribution in [3.8, 4) is 11.3 Å². The molecule has 32 heavy (non-hydrogen) atoms. The quantitative estimate of drug-likeness (QED) is 0.405. The molecule has 3 aromatic rings. The zero-order valence-electron chi connectivity index (χ0n) is 18.1. The van der Waals surface area contributed by atoms with Gasteiger partial charge in [0.1, 0.15) is 17.3 Å². The summed E-state index contributed by atoms with van der Waals surface area (Å²) in [6.07, 6.45) is 10.0. The Morgan fingerprint density at radius 2 is 1.91 bits per heavy atom. The maximum Gasteiger partial charge on any atom is 0.147 e. The topological polar surface area (TPSA) is 42.2 Å². The number of benzene rings is 1. The fourth-order valence-electron chi connectivity index (χ4n) is 5.28. The third kappa shape index (κ3) is 3.54. The zero-order chi connectivity index (χ0) is 21.9. The number of pyridine rings is 1. The lowest BCUT2D eigenvalue weighted by Gasteiger charge is -2.41. The summed E-state index contributed by atoms with van der Waals surface area (Å²) in [7, 11) is 0. The summed E-state index contributed by atoms with van der Waals surface area (Å²) in [5.41, 5.74) is 5.63. The molecule has 0 amide bonds. The molecule has 4 nitrogen and oxygen atoms in total. The first-order chi connectivity index (χ1) is 15.5. The molecule has 1 aliphatic heterocycles. The Morgan fingerprint density at radius 3 is 2.59 bits per heavy atom.